The van der Waals surface area contributed by atoms with Crippen molar-refractivity contribution in [2.24, 2.45) is 0 Å². The minimum absolute atomic E-state index is 0.109. The Kier molecular flexibility index (Phi) is 4.76. The monoisotopic (exact) mass is 298 g/mol. The summed E-state index contributed by atoms with van der Waals surface area (Å²) >= 11 is 0. The quantitative estimate of drug-likeness (QED) is 0.695. The Balaban J connectivity index is 1.96. The number of nitrogens with one attached hydrogen (secondary N) is 1. The number of nitrogens with zero attached hydrogens (tertiary/aromatic N) is 3. The van der Waals surface area contributed by atoms with E-state index in [1.165, 1.54) is 17.1 Å². The van der Waals surface area contributed by atoms with Crippen LogP contribution in [0.2, 0.25) is 0 Å². The van der Waals surface area contributed by atoms with Crippen molar-refractivity contribution in [3.63, 3.8) is 0 Å². The fraction of sp³-hybridized carbons (Fsp3) is 0.583. The highest BCUT2D eigenvalue weighted by Crippen LogP contribution is 2.14. The summed E-state index contributed by atoms with van der Waals surface area (Å²) in [5.41, 5.74) is 0.417. The molecule has 116 valence electrons. The smallest absolute Gasteiger partial charge is 0.325 e. The topological polar surface area (TPSA) is 117 Å². The van der Waals surface area contributed by atoms with Gasteiger partial charge in [-0.25, -0.2) is 4.79 Å². The molecular formula is C12H18N4O5. The van der Waals surface area contributed by atoms with E-state index in [1.54, 1.807) is 4.90 Å². The average Bonchev–Trinajstić information content (AvgIpc) is 2.85. The van der Waals surface area contributed by atoms with E-state index in [0.717, 1.165) is 0 Å². The maximum absolute atomic E-state index is 12.2. The maximum Gasteiger partial charge on any atom is 0.325 e. The number of aliphatic hydroxyl groups is 1. The van der Waals surface area contributed by atoms with Gasteiger partial charge in [-0.2, -0.15) is 5.10 Å². The Hall–Kier alpha value is -2.13. The Morgan fingerprint density at radius 1 is 1.57 bits per heavy atom. The van der Waals surface area contributed by atoms with Crippen molar-refractivity contribution in [1.82, 2.24) is 14.7 Å². The van der Waals surface area contributed by atoms with Crippen LogP contribution in [0.5, 0.6) is 0 Å². The third-order valence-electron chi connectivity index (χ3n) is 3.15. The number of carboxylic acids is 1. The Labute approximate surface area is 121 Å². The van der Waals surface area contributed by atoms with E-state index < -0.39 is 5.97 Å². The third-order valence-corrected chi connectivity index (χ3v) is 3.15. The molecule has 1 aliphatic heterocycles. The third kappa shape index (κ3) is 3.92. The van der Waals surface area contributed by atoms with Gasteiger partial charge in [0.05, 0.1) is 43.8 Å². The number of hydrogen-bond acceptors (Lipinski definition) is 5. The molecule has 2 amide bonds. The first-order valence-corrected chi connectivity index (χ1v) is 6.54. The van der Waals surface area contributed by atoms with Crippen LogP contribution in [0.1, 0.15) is 6.92 Å². The fourth-order valence-corrected chi connectivity index (χ4v) is 2.06. The van der Waals surface area contributed by atoms with Gasteiger partial charge in [-0.1, -0.05) is 0 Å². The summed E-state index contributed by atoms with van der Waals surface area (Å²) in [7, 11) is 0. The van der Waals surface area contributed by atoms with Gasteiger partial charge < -0.3 is 25.2 Å². The lowest BCUT2D eigenvalue weighted by atomic mass is 10.2. The fourth-order valence-electron chi connectivity index (χ4n) is 2.06. The number of aromatic nitrogens is 2. The van der Waals surface area contributed by atoms with Crippen molar-refractivity contribution < 1.29 is 24.5 Å². The molecule has 3 N–H and O–H groups in total. The molecule has 2 heterocycles. The minimum Gasteiger partial charge on any atom is -0.480 e. The van der Waals surface area contributed by atoms with Crippen LogP contribution < -0.4 is 5.32 Å². The molecule has 2 unspecified atom stereocenters. The predicted molar refractivity (Wildman–Crippen MR) is 71.9 cm³/mol. The van der Waals surface area contributed by atoms with E-state index in [-0.39, 0.29) is 31.3 Å². The van der Waals surface area contributed by atoms with Crippen molar-refractivity contribution in [3.05, 3.63) is 12.4 Å². The second-order valence-electron chi connectivity index (χ2n) is 4.89. The van der Waals surface area contributed by atoms with E-state index in [0.29, 0.717) is 18.8 Å². The number of morpholine rings is 1. The van der Waals surface area contributed by atoms with Crippen LogP contribution in [0.3, 0.4) is 0 Å². The Morgan fingerprint density at radius 3 is 3.00 bits per heavy atom. The van der Waals surface area contributed by atoms with E-state index in [1.807, 2.05) is 6.92 Å². The van der Waals surface area contributed by atoms with Gasteiger partial charge in [0.25, 0.3) is 0 Å². The van der Waals surface area contributed by atoms with Gasteiger partial charge in [-0.05, 0) is 6.92 Å². The number of carbonyl (C=O) groups is 2. The van der Waals surface area contributed by atoms with Crippen molar-refractivity contribution in [3.8, 4) is 0 Å². The number of amides is 2. The van der Waals surface area contributed by atoms with Crippen LogP contribution in [0.15, 0.2) is 12.4 Å². The first kappa shape index (κ1) is 15.3. The summed E-state index contributed by atoms with van der Waals surface area (Å²) in [6, 6.07) is -0.444. The normalized spacial score (nSPS) is 22.1. The molecule has 9 nitrogen and oxygen atoms in total. The number of carbonyl (C=O) groups excluding carboxylic acids is 1. The van der Waals surface area contributed by atoms with Crippen molar-refractivity contribution in [1.29, 1.82) is 0 Å². The van der Waals surface area contributed by atoms with Crippen LogP contribution in [0.25, 0.3) is 0 Å². The van der Waals surface area contributed by atoms with E-state index in [9.17, 15) is 9.59 Å². The van der Waals surface area contributed by atoms with Gasteiger partial charge in [0.15, 0.2) is 0 Å². The molecule has 1 saturated heterocycles. The second kappa shape index (κ2) is 6.55. The lowest BCUT2D eigenvalue weighted by Crippen LogP contribution is -2.53. The molecule has 1 aromatic heterocycles. The van der Waals surface area contributed by atoms with Crippen LogP contribution in [0.4, 0.5) is 10.5 Å². The average molecular weight is 298 g/mol. The molecule has 21 heavy (non-hydrogen) atoms. The zero-order valence-corrected chi connectivity index (χ0v) is 11.6. The van der Waals surface area contributed by atoms with Crippen LogP contribution in [-0.4, -0.2) is 68.8 Å². The molecule has 1 aliphatic rings. The number of ether oxygens (including phenoxy) is 1. The number of hydrogen-bond donors (Lipinski definition) is 3. The SMILES string of the molecule is CC1COC(CO)CN1C(=O)Nc1cnn(CC(=O)O)c1. The van der Waals surface area contributed by atoms with E-state index in [2.05, 4.69) is 10.4 Å². The molecular weight excluding hydrogens is 280 g/mol. The van der Waals surface area contributed by atoms with Gasteiger partial charge in [0.1, 0.15) is 6.54 Å². The summed E-state index contributed by atoms with van der Waals surface area (Å²) in [6.07, 6.45) is 2.44. The highest BCUT2D eigenvalue weighted by atomic mass is 16.5. The molecule has 2 rings (SSSR count). The second-order valence-corrected chi connectivity index (χ2v) is 4.89. The van der Waals surface area contributed by atoms with E-state index in [4.69, 9.17) is 14.9 Å². The highest BCUT2D eigenvalue weighted by Gasteiger charge is 2.29. The number of rotatable bonds is 4. The zero-order chi connectivity index (χ0) is 15.4. The number of urea groups is 1. The molecule has 1 aromatic rings. The van der Waals surface area contributed by atoms with Crippen molar-refractivity contribution >= 4 is 17.7 Å². The Bertz CT molecular complexity index is 518. The molecule has 0 aliphatic carbocycles. The molecule has 1 fully saturated rings. The Morgan fingerprint density at radius 2 is 2.33 bits per heavy atom. The standard InChI is InChI=1S/C12H18N4O5/c1-8-7-21-10(6-17)4-16(8)12(20)14-9-2-13-15(3-9)5-11(18)19/h2-3,8,10,17H,4-7H2,1H3,(H,14,20)(H,18,19). The summed E-state index contributed by atoms with van der Waals surface area (Å²) in [6.45, 7) is 2.09. The molecule has 0 bridgehead atoms. The predicted octanol–water partition coefficient (Wildman–Crippen LogP) is -0.419. The van der Waals surface area contributed by atoms with Gasteiger partial charge >= 0.3 is 12.0 Å². The maximum atomic E-state index is 12.2. The van der Waals surface area contributed by atoms with Crippen molar-refractivity contribution in [2.75, 3.05) is 25.1 Å². The largest absolute Gasteiger partial charge is 0.480 e. The van der Waals surface area contributed by atoms with Crippen molar-refractivity contribution in [2.45, 2.75) is 25.6 Å². The molecule has 9 heteroatoms. The van der Waals surface area contributed by atoms with Gasteiger partial charge in [-0.3, -0.25) is 9.48 Å². The zero-order valence-electron chi connectivity index (χ0n) is 11.6. The first-order chi connectivity index (χ1) is 9.99. The van der Waals surface area contributed by atoms with E-state index >= 15 is 0 Å². The molecule has 0 aromatic carbocycles. The lowest BCUT2D eigenvalue weighted by Gasteiger charge is -2.37. The first-order valence-electron chi connectivity index (χ1n) is 6.54. The van der Waals surface area contributed by atoms with Crippen LogP contribution in [0, 0.1) is 0 Å². The van der Waals surface area contributed by atoms with Gasteiger partial charge in [0, 0.05) is 6.20 Å². The number of anilines is 1. The van der Waals surface area contributed by atoms with Gasteiger partial charge in [0.2, 0.25) is 0 Å². The summed E-state index contributed by atoms with van der Waals surface area (Å²) in [5.74, 6) is -1.01. The molecule has 0 spiro atoms. The van der Waals surface area contributed by atoms with Crippen LogP contribution in [-0.2, 0) is 16.1 Å². The summed E-state index contributed by atoms with van der Waals surface area (Å²) in [5, 5.41) is 24.3. The minimum atomic E-state index is -1.01. The number of aliphatic carboxylic acids is 1. The van der Waals surface area contributed by atoms with Crippen LogP contribution >= 0.6 is 0 Å². The molecule has 2 atom stereocenters. The summed E-state index contributed by atoms with van der Waals surface area (Å²) in [4.78, 5) is 24.3. The molecule has 0 radical (unpaired) electrons. The van der Waals surface area contributed by atoms with Gasteiger partial charge in [-0.15, -0.1) is 0 Å². The number of aliphatic hydroxyl groups excluding tert-OH is 1. The summed E-state index contributed by atoms with van der Waals surface area (Å²) < 4.78 is 6.58. The highest BCUT2D eigenvalue weighted by molar-refractivity contribution is 5.89. The number of carboxylic acid groups (broad SMARTS) is 1. The lowest BCUT2D eigenvalue weighted by molar-refractivity contribution is -0.137. The molecule has 0 saturated carbocycles.